The minimum atomic E-state index is 0.747. The van der Waals surface area contributed by atoms with Crippen molar-refractivity contribution in [3.05, 3.63) is 140 Å². The first kappa shape index (κ1) is 23.7. The number of rotatable bonds is 4. The third-order valence-corrected chi connectivity index (χ3v) is 8.17. The number of aromatic nitrogens is 2. The maximum Gasteiger partial charge on any atom is 0.162 e. The summed E-state index contributed by atoms with van der Waals surface area (Å²) < 4.78 is 13.0. The zero-order valence-electron chi connectivity index (χ0n) is 22.9. The van der Waals surface area contributed by atoms with Crippen LogP contribution in [0.5, 0.6) is 0 Å². The van der Waals surface area contributed by atoms with E-state index in [-0.39, 0.29) is 0 Å². The standard InChI is InChI=1S/C38H23N3O2/c1-2-8-24(9-3-1)25-15-16-27-21-28(18-17-26(27)20-25)41(32-12-6-11-30-36-35(43-37(30)32)14-7-19-40-36)33-23-39-22-31-29-10-4-5-13-34(29)42-38(31)33/h1-23H. The van der Waals surface area contributed by atoms with Crippen molar-refractivity contribution in [3.63, 3.8) is 0 Å². The SMILES string of the molecule is c1ccc(-c2ccc3cc(N(c4cncc5c4oc4ccccc45)c4cccc5c4oc4cccnc45)ccc3c2)cc1. The highest BCUT2D eigenvalue weighted by atomic mass is 16.3. The van der Waals surface area contributed by atoms with E-state index in [0.29, 0.717) is 0 Å². The van der Waals surface area contributed by atoms with Gasteiger partial charge < -0.3 is 13.7 Å². The van der Waals surface area contributed by atoms with E-state index < -0.39 is 0 Å². The Morgan fingerprint density at radius 3 is 2.23 bits per heavy atom. The van der Waals surface area contributed by atoms with E-state index >= 15 is 0 Å². The molecule has 0 fully saturated rings. The van der Waals surface area contributed by atoms with Gasteiger partial charge in [-0.05, 0) is 70.4 Å². The van der Waals surface area contributed by atoms with Crippen molar-refractivity contribution in [2.75, 3.05) is 4.90 Å². The van der Waals surface area contributed by atoms with Crippen molar-refractivity contribution in [3.8, 4) is 11.1 Å². The van der Waals surface area contributed by atoms with Gasteiger partial charge in [0.05, 0.1) is 11.9 Å². The van der Waals surface area contributed by atoms with Gasteiger partial charge in [-0.2, -0.15) is 0 Å². The van der Waals surface area contributed by atoms with E-state index in [0.717, 1.165) is 71.8 Å². The van der Waals surface area contributed by atoms with Crippen LogP contribution in [0.2, 0.25) is 0 Å². The van der Waals surface area contributed by atoms with Gasteiger partial charge in [0.25, 0.3) is 0 Å². The molecule has 5 heteroatoms. The van der Waals surface area contributed by atoms with Crippen LogP contribution in [-0.2, 0) is 0 Å². The summed E-state index contributed by atoms with van der Waals surface area (Å²) in [4.78, 5) is 11.5. The van der Waals surface area contributed by atoms with Crippen LogP contribution in [0.1, 0.15) is 0 Å². The summed E-state index contributed by atoms with van der Waals surface area (Å²) in [5.41, 5.74) is 8.99. The van der Waals surface area contributed by atoms with Gasteiger partial charge in [-0.15, -0.1) is 0 Å². The molecule has 4 aromatic heterocycles. The van der Waals surface area contributed by atoms with Crippen molar-refractivity contribution in [1.29, 1.82) is 0 Å². The van der Waals surface area contributed by atoms with E-state index in [4.69, 9.17) is 13.8 Å². The van der Waals surface area contributed by atoms with E-state index in [1.807, 2.05) is 54.9 Å². The summed E-state index contributed by atoms with van der Waals surface area (Å²) in [6.07, 6.45) is 5.54. The highest BCUT2D eigenvalue weighted by Gasteiger charge is 2.24. The second-order valence-corrected chi connectivity index (χ2v) is 10.7. The minimum absolute atomic E-state index is 0.747. The number of para-hydroxylation sites is 2. The molecule has 4 heterocycles. The molecule has 0 spiro atoms. The monoisotopic (exact) mass is 553 g/mol. The predicted octanol–water partition coefficient (Wildman–Crippen LogP) is 10.6. The van der Waals surface area contributed by atoms with Gasteiger partial charge in [-0.1, -0.05) is 72.8 Å². The van der Waals surface area contributed by atoms with Gasteiger partial charge in [0.15, 0.2) is 16.7 Å². The third-order valence-electron chi connectivity index (χ3n) is 8.17. The highest BCUT2D eigenvalue weighted by molar-refractivity contribution is 6.13. The van der Waals surface area contributed by atoms with E-state index in [2.05, 4.69) is 88.7 Å². The Bertz CT molecular complexity index is 2360. The Kier molecular flexibility index (Phi) is 5.13. The van der Waals surface area contributed by atoms with Gasteiger partial charge in [0.1, 0.15) is 16.8 Å². The number of furan rings is 2. The molecular weight excluding hydrogens is 530 g/mol. The van der Waals surface area contributed by atoms with Crippen LogP contribution in [0.3, 0.4) is 0 Å². The highest BCUT2D eigenvalue weighted by Crippen LogP contribution is 2.45. The van der Waals surface area contributed by atoms with Crippen molar-refractivity contribution < 1.29 is 8.83 Å². The Balaban J connectivity index is 1.31. The lowest BCUT2D eigenvalue weighted by Gasteiger charge is -2.25. The summed E-state index contributed by atoms with van der Waals surface area (Å²) in [6, 6.07) is 41.7. The second-order valence-electron chi connectivity index (χ2n) is 10.7. The number of hydrogen-bond donors (Lipinski definition) is 0. The average molecular weight is 554 g/mol. The Morgan fingerprint density at radius 2 is 1.28 bits per heavy atom. The summed E-state index contributed by atoms with van der Waals surface area (Å²) >= 11 is 0. The summed E-state index contributed by atoms with van der Waals surface area (Å²) in [5.74, 6) is 0. The lowest BCUT2D eigenvalue weighted by atomic mass is 10.0. The number of pyridine rings is 2. The largest absolute Gasteiger partial charge is 0.454 e. The summed E-state index contributed by atoms with van der Waals surface area (Å²) in [5, 5.41) is 5.24. The van der Waals surface area contributed by atoms with Gasteiger partial charge in [0, 0.05) is 34.2 Å². The first-order chi connectivity index (χ1) is 21.3. The molecule has 0 bridgehead atoms. The van der Waals surface area contributed by atoms with Crippen LogP contribution in [0.15, 0.2) is 149 Å². The average Bonchev–Trinajstić information content (AvgIpc) is 3.65. The van der Waals surface area contributed by atoms with Gasteiger partial charge in [-0.25, -0.2) is 0 Å². The zero-order valence-corrected chi connectivity index (χ0v) is 22.9. The molecular formula is C38H23N3O2. The number of benzene rings is 5. The van der Waals surface area contributed by atoms with Crippen LogP contribution in [0.25, 0.3) is 65.9 Å². The van der Waals surface area contributed by atoms with Crippen molar-refractivity contribution in [2.24, 2.45) is 0 Å². The summed E-state index contributed by atoms with van der Waals surface area (Å²) in [6.45, 7) is 0. The molecule has 0 saturated carbocycles. The van der Waals surface area contributed by atoms with Crippen LogP contribution in [0.4, 0.5) is 17.1 Å². The minimum Gasteiger partial charge on any atom is -0.454 e. The number of fused-ring (bicyclic) bond motifs is 7. The molecule has 0 aliphatic rings. The van der Waals surface area contributed by atoms with Crippen molar-refractivity contribution in [1.82, 2.24) is 9.97 Å². The number of nitrogens with zero attached hydrogens (tertiary/aromatic N) is 3. The van der Waals surface area contributed by atoms with Crippen molar-refractivity contribution in [2.45, 2.75) is 0 Å². The Labute approximate surface area is 246 Å². The molecule has 0 saturated heterocycles. The lowest BCUT2D eigenvalue weighted by molar-refractivity contribution is 0.665. The molecule has 0 N–H and O–H groups in total. The number of hydrogen-bond acceptors (Lipinski definition) is 5. The molecule has 0 radical (unpaired) electrons. The molecule has 5 nitrogen and oxygen atoms in total. The zero-order chi connectivity index (χ0) is 28.3. The maximum atomic E-state index is 6.51. The van der Waals surface area contributed by atoms with Gasteiger partial charge in [0.2, 0.25) is 0 Å². The molecule has 43 heavy (non-hydrogen) atoms. The van der Waals surface area contributed by atoms with Gasteiger partial charge in [-0.3, -0.25) is 9.97 Å². The summed E-state index contributed by atoms with van der Waals surface area (Å²) in [7, 11) is 0. The van der Waals surface area contributed by atoms with E-state index in [1.54, 1.807) is 6.20 Å². The van der Waals surface area contributed by atoms with Crippen LogP contribution in [0, 0.1) is 0 Å². The quantitative estimate of drug-likeness (QED) is 0.217. The van der Waals surface area contributed by atoms with E-state index in [1.165, 1.54) is 11.1 Å². The fourth-order valence-corrected chi connectivity index (χ4v) is 6.15. The van der Waals surface area contributed by atoms with E-state index in [9.17, 15) is 0 Å². The molecule has 5 aromatic carbocycles. The Morgan fingerprint density at radius 1 is 0.512 bits per heavy atom. The fraction of sp³-hybridized carbons (Fsp3) is 0. The fourth-order valence-electron chi connectivity index (χ4n) is 6.15. The normalized spacial score (nSPS) is 11.7. The number of anilines is 3. The van der Waals surface area contributed by atoms with Crippen molar-refractivity contribution >= 4 is 71.8 Å². The molecule has 0 unspecified atom stereocenters. The molecule has 0 aliphatic heterocycles. The van der Waals surface area contributed by atoms with Gasteiger partial charge >= 0.3 is 0 Å². The topological polar surface area (TPSA) is 55.3 Å². The third kappa shape index (κ3) is 3.72. The van der Waals surface area contributed by atoms with Crippen LogP contribution in [-0.4, -0.2) is 9.97 Å². The Hall–Kier alpha value is -5.94. The molecule has 0 amide bonds. The smallest absolute Gasteiger partial charge is 0.162 e. The molecule has 9 rings (SSSR count). The van der Waals surface area contributed by atoms with Crippen LogP contribution < -0.4 is 4.90 Å². The predicted molar refractivity (Wildman–Crippen MR) is 174 cm³/mol. The lowest BCUT2D eigenvalue weighted by Crippen LogP contribution is -2.11. The molecule has 202 valence electrons. The molecule has 9 aromatic rings. The molecule has 0 aliphatic carbocycles. The maximum absolute atomic E-state index is 6.51. The van der Waals surface area contributed by atoms with Crippen LogP contribution >= 0.6 is 0 Å². The second kappa shape index (κ2) is 9.29. The first-order valence-electron chi connectivity index (χ1n) is 14.2. The first-order valence-corrected chi connectivity index (χ1v) is 14.2. The molecule has 0 atom stereocenters.